The molecule has 0 radical (unpaired) electrons. The van der Waals surface area contributed by atoms with Crippen molar-refractivity contribution in [2.75, 3.05) is 32.8 Å². The van der Waals surface area contributed by atoms with E-state index in [0.29, 0.717) is 38.3 Å². The van der Waals surface area contributed by atoms with Crippen molar-refractivity contribution in [2.45, 2.75) is 11.3 Å². The van der Waals surface area contributed by atoms with Gasteiger partial charge in [0, 0.05) is 25.3 Å². The van der Waals surface area contributed by atoms with Crippen LogP contribution < -0.4 is 5.73 Å². The van der Waals surface area contributed by atoms with Gasteiger partial charge in [-0.15, -0.1) is 0 Å². The van der Waals surface area contributed by atoms with Crippen LogP contribution in [-0.4, -0.2) is 45.6 Å². The summed E-state index contributed by atoms with van der Waals surface area (Å²) in [4.78, 5) is 0.267. The second-order valence-corrected chi connectivity index (χ2v) is 6.34. The second kappa shape index (κ2) is 6.86. The molecule has 108 valence electrons. The normalized spacial score (nSPS) is 17.1. The van der Waals surface area contributed by atoms with E-state index in [1.807, 2.05) is 0 Å². The zero-order chi connectivity index (χ0) is 14.4. The Balaban J connectivity index is 2.28. The van der Waals surface area contributed by atoms with Crippen LogP contribution in [0.5, 0.6) is 0 Å². The van der Waals surface area contributed by atoms with Crippen molar-refractivity contribution in [2.24, 2.45) is 5.73 Å². The first-order valence-corrected chi connectivity index (χ1v) is 7.95. The van der Waals surface area contributed by atoms with Crippen LogP contribution in [0.25, 0.3) is 0 Å². The first kappa shape index (κ1) is 15.0. The molecule has 0 bridgehead atoms. The van der Waals surface area contributed by atoms with Crippen LogP contribution in [0.2, 0.25) is 0 Å². The maximum atomic E-state index is 12.6. The van der Waals surface area contributed by atoms with E-state index in [1.165, 1.54) is 4.31 Å². The van der Waals surface area contributed by atoms with E-state index in [1.54, 1.807) is 24.3 Å². The van der Waals surface area contributed by atoms with Gasteiger partial charge in [-0.05, 0) is 24.6 Å². The molecule has 0 aliphatic carbocycles. The molecule has 5 nitrogen and oxygen atoms in total. The number of nitrogens with zero attached hydrogens (tertiary/aromatic N) is 1. The maximum absolute atomic E-state index is 12.6. The van der Waals surface area contributed by atoms with Crippen LogP contribution in [0.3, 0.4) is 0 Å². The fourth-order valence-electron chi connectivity index (χ4n) is 2.00. The fourth-order valence-corrected chi connectivity index (χ4v) is 3.51. The van der Waals surface area contributed by atoms with Crippen LogP contribution >= 0.6 is 0 Å². The monoisotopic (exact) mass is 294 g/mol. The molecule has 2 N–H and O–H groups in total. The summed E-state index contributed by atoms with van der Waals surface area (Å²) in [7, 11) is -3.48. The average Bonchev–Trinajstić information content (AvgIpc) is 2.75. The molecule has 2 rings (SSSR count). The molecule has 6 heteroatoms. The molecule has 1 aliphatic rings. The third kappa shape index (κ3) is 3.58. The first-order chi connectivity index (χ1) is 9.64. The van der Waals surface area contributed by atoms with Crippen molar-refractivity contribution < 1.29 is 13.2 Å². The van der Waals surface area contributed by atoms with Gasteiger partial charge < -0.3 is 10.5 Å². The number of benzene rings is 1. The summed E-state index contributed by atoms with van der Waals surface area (Å²) < 4.78 is 31.9. The van der Waals surface area contributed by atoms with E-state index in [9.17, 15) is 8.42 Å². The molecule has 20 heavy (non-hydrogen) atoms. The van der Waals surface area contributed by atoms with Crippen molar-refractivity contribution in [1.29, 1.82) is 0 Å². The highest BCUT2D eigenvalue weighted by Crippen LogP contribution is 2.18. The van der Waals surface area contributed by atoms with E-state index in [4.69, 9.17) is 10.5 Å². The number of sulfonamides is 1. The summed E-state index contributed by atoms with van der Waals surface area (Å²) in [6.07, 6.45) is 0.714. The summed E-state index contributed by atoms with van der Waals surface area (Å²) in [5.41, 5.74) is 5.98. The lowest BCUT2D eigenvalue weighted by Gasteiger charge is -2.19. The zero-order valence-corrected chi connectivity index (χ0v) is 12.0. The van der Waals surface area contributed by atoms with Crippen LogP contribution in [-0.2, 0) is 14.8 Å². The molecular weight excluding hydrogens is 276 g/mol. The number of rotatable bonds is 2. The van der Waals surface area contributed by atoms with Gasteiger partial charge in [0.25, 0.3) is 0 Å². The molecule has 0 aromatic heterocycles. The quantitative estimate of drug-likeness (QED) is 0.802. The molecule has 1 saturated heterocycles. The molecule has 1 heterocycles. The summed E-state index contributed by atoms with van der Waals surface area (Å²) in [6, 6.07) is 6.65. The van der Waals surface area contributed by atoms with E-state index in [2.05, 4.69) is 11.8 Å². The fraction of sp³-hybridized carbons (Fsp3) is 0.429. The summed E-state index contributed by atoms with van der Waals surface area (Å²) >= 11 is 0. The van der Waals surface area contributed by atoms with Crippen molar-refractivity contribution in [3.63, 3.8) is 0 Å². The molecule has 0 saturated carbocycles. The van der Waals surface area contributed by atoms with Crippen molar-refractivity contribution >= 4 is 10.0 Å². The van der Waals surface area contributed by atoms with Crippen LogP contribution in [0.4, 0.5) is 0 Å². The van der Waals surface area contributed by atoms with Crippen LogP contribution in [0.1, 0.15) is 12.0 Å². The van der Waals surface area contributed by atoms with Gasteiger partial charge in [0.1, 0.15) is 0 Å². The van der Waals surface area contributed by atoms with Gasteiger partial charge in [-0.1, -0.05) is 17.9 Å². The summed E-state index contributed by atoms with van der Waals surface area (Å²) in [5, 5.41) is 0. The lowest BCUT2D eigenvalue weighted by Crippen LogP contribution is -2.33. The highest BCUT2D eigenvalue weighted by Gasteiger charge is 2.25. The average molecular weight is 294 g/mol. The first-order valence-electron chi connectivity index (χ1n) is 6.51. The molecule has 0 spiro atoms. The smallest absolute Gasteiger partial charge is 0.243 e. The third-order valence-electron chi connectivity index (χ3n) is 2.99. The predicted octanol–water partition coefficient (Wildman–Crippen LogP) is 0.408. The lowest BCUT2D eigenvalue weighted by molar-refractivity contribution is 0.148. The van der Waals surface area contributed by atoms with E-state index in [0.717, 1.165) is 0 Å². The minimum atomic E-state index is -3.48. The Morgan fingerprint density at radius 3 is 2.95 bits per heavy atom. The SMILES string of the molecule is NCC#Cc1cccc(S(=O)(=O)N2CCCOCC2)c1. The molecule has 1 aromatic rings. The molecule has 0 amide bonds. The van der Waals surface area contributed by atoms with Gasteiger partial charge in [0.05, 0.1) is 18.0 Å². The Morgan fingerprint density at radius 2 is 2.15 bits per heavy atom. The second-order valence-electron chi connectivity index (χ2n) is 4.40. The number of nitrogens with two attached hydrogens (primary N) is 1. The highest BCUT2D eigenvalue weighted by molar-refractivity contribution is 7.89. The minimum Gasteiger partial charge on any atom is -0.380 e. The number of hydrogen-bond acceptors (Lipinski definition) is 4. The van der Waals surface area contributed by atoms with Crippen molar-refractivity contribution in [3.05, 3.63) is 29.8 Å². The molecule has 1 aromatic carbocycles. The Morgan fingerprint density at radius 1 is 1.30 bits per heavy atom. The van der Waals surface area contributed by atoms with Gasteiger partial charge in [-0.2, -0.15) is 4.31 Å². The Labute approximate surface area is 119 Å². The Kier molecular flexibility index (Phi) is 5.15. The zero-order valence-electron chi connectivity index (χ0n) is 11.2. The lowest BCUT2D eigenvalue weighted by atomic mass is 10.2. The van der Waals surface area contributed by atoms with Gasteiger partial charge in [-0.25, -0.2) is 8.42 Å². The van der Waals surface area contributed by atoms with Gasteiger partial charge in [-0.3, -0.25) is 0 Å². The molecule has 0 atom stereocenters. The standard InChI is InChI=1S/C14H18N2O3S/c15-7-2-5-13-4-1-6-14(12-13)20(17,18)16-8-3-10-19-11-9-16/h1,4,6,12H,3,7-11,15H2. The third-order valence-corrected chi connectivity index (χ3v) is 4.88. The van der Waals surface area contributed by atoms with E-state index >= 15 is 0 Å². The topological polar surface area (TPSA) is 72.6 Å². The van der Waals surface area contributed by atoms with E-state index in [-0.39, 0.29) is 11.4 Å². The molecule has 0 unspecified atom stereocenters. The number of hydrogen-bond donors (Lipinski definition) is 1. The minimum absolute atomic E-state index is 0.250. The summed E-state index contributed by atoms with van der Waals surface area (Å²) in [5.74, 6) is 5.57. The number of ether oxygens (including phenoxy) is 1. The predicted molar refractivity (Wildman–Crippen MR) is 76.6 cm³/mol. The van der Waals surface area contributed by atoms with Crippen LogP contribution in [0.15, 0.2) is 29.2 Å². The van der Waals surface area contributed by atoms with Crippen LogP contribution in [0, 0.1) is 11.8 Å². The molecule has 1 fully saturated rings. The molecule has 1 aliphatic heterocycles. The summed E-state index contributed by atoms with van der Waals surface area (Å²) in [6.45, 7) is 2.17. The van der Waals surface area contributed by atoms with Gasteiger partial charge in [0.2, 0.25) is 10.0 Å². The van der Waals surface area contributed by atoms with Gasteiger partial charge >= 0.3 is 0 Å². The molecular formula is C14H18N2O3S. The Hall–Kier alpha value is -1.39. The Bertz CT molecular complexity index is 609. The maximum Gasteiger partial charge on any atom is 0.243 e. The highest BCUT2D eigenvalue weighted by atomic mass is 32.2. The van der Waals surface area contributed by atoms with Crippen molar-refractivity contribution in [1.82, 2.24) is 4.31 Å². The van der Waals surface area contributed by atoms with Gasteiger partial charge in [0.15, 0.2) is 0 Å². The van der Waals surface area contributed by atoms with Crippen molar-refractivity contribution in [3.8, 4) is 11.8 Å². The largest absolute Gasteiger partial charge is 0.380 e. The van der Waals surface area contributed by atoms with E-state index < -0.39 is 10.0 Å².